The molecular weight excluding hydrogens is 408 g/mol. The van der Waals surface area contributed by atoms with Gasteiger partial charge in [-0.1, -0.05) is 15.9 Å². The second-order valence-corrected chi connectivity index (χ2v) is 8.89. The summed E-state index contributed by atoms with van der Waals surface area (Å²) in [7, 11) is 1.71. The summed E-state index contributed by atoms with van der Waals surface area (Å²) in [5.41, 5.74) is 3.52. The van der Waals surface area contributed by atoms with E-state index >= 15 is 0 Å². The Labute approximate surface area is 166 Å². The van der Waals surface area contributed by atoms with Gasteiger partial charge in [0.05, 0.1) is 18.1 Å². The number of non-ortho nitro benzene ring substituents is 1. The van der Waals surface area contributed by atoms with Crippen LogP contribution in [-0.2, 0) is 0 Å². The van der Waals surface area contributed by atoms with Crippen LogP contribution in [0, 0.1) is 27.9 Å². The van der Waals surface area contributed by atoms with E-state index in [1.54, 1.807) is 19.2 Å². The summed E-state index contributed by atoms with van der Waals surface area (Å²) in [5.74, 6) is 3.01. The molecule has 0 saturated heterocycles. The van der Waals surface area contributed by atoms with Crippen LogP contribution in [0.15, 0.2) is 40.9 Å². The van der Waals surface area contributed by atoms with E-state index in [1.807, 2.05) is 18.2 Å². The molecule has 140 valence electrons. The average Bonchev–Trinajstić information content (AvgIpc) is 3.29. The van der Waals surface area contributed by atoms with Crippen LogP contribution in [0.3, 0.4) is 0 Å². The summed E-state index contributed by atoms with van der Waals surface area (Å²) in [6.45, 7) is 0. The summed E-state index contributed by atoms with van der Waals surface area (Å²) < 4.78 is 6.71. The summed E-state index contributed by atoms with van der Waals surface area (Å²) in [5, 5.41) is 15.0. The van der Waals surface area contributed by atoms with Crippen LogP contribution in [0.1, 0.15) is 42.3 Å². The van der Waals surface area contributed by atoms with Gasteiger partial charge < -0.3 is 10.1 Å². The first-order valence-corrected chi connectivity index (χ1v) is 10.2. The van der Waals surface area contributed by atoms with Gasteiger partial charge in [0.15, 0.2) is 0 Å². The molecule has 2 aromatic rings. The molecule has 3 aliphatic rings. The van der Waals surface area contributed by atoms with Crippen molar-refractivity contribution in [2.75, 3.05) is 12.4 Å². The second-order valence-electron chi connectivity index (χ2n) is 7.97. The van der Waals surface area contributed by atoms with Gasteiger partial charge in [-0.05, 0) is 72.8 Å². The maximum Gasteiger partial charge on any atom is 0.269 e. The number of nitrogens with one attached hydrogen (secondary N) is 1. The molecule has 2 saturated carbocycles. The second kappa shape index (κ2) is 6.23. The summed E-state index contributed by atoms with van der Waals surface area (Å²) >= 11 is 3.60. The van der Waals surface area contributed by atoms with Crippen LogP contribution < -0.4 is 10.1 Å². The minimum atomic E-state index is -0.286. The molecule has 1 heterocycles. The lowest BCUT2D eigenvalue weighted by Gasteiger charge is -2.43. The first-order valence-electron chi connectivity index (χ1n) is 9.45. The molecular formula is C21H21BrN2O3. The van der Waals surface area contributed by atoms with Gasteiger partial charge in [-0.2, -0.15) is 0 Å². The van der Waals surface area contributed by atoms with Crippen molar-refractivity contribution in [3.05, 3.63) is 62.1 Å². The Morgan fingerprint density at radius 1 is 1.15 bits per heavy atom. The average molecular weight is 429 g/mol. The number of nitro benzene ring substituents is 1. The number of hydrogen-bond donors (Lipinski definition) is 1. The molecule has 1 aliphatic heterocycles. The molecule has 0 amide bonds. The maximum absolute atomic E-state index is 11.3. The van der Waals surface area contributed by atoms with Crippen molar-refractivity contribution in [2.45, 2.75) is 31.2 Å². The molecule has 2 aliphatic carbocycles. The number of halogens is 1. The molecule has 0 aromatic heterocycles. The van der Waals surface area contributed by atoms with Gasteiger partial charge >= 0.3 is 0 Å². The minimum Gasteiger partial charge on any atom is -0.496 e. The predicted octanol–water partition coefficient (Wildman–Crippen LogP) is 5.66. The summed E-state index contributed by atoms with van der Waals surface area (Å²) in [6, 6.07) is 11.6. The Balaban J connectivity index is 1.65. The van der Waals surface area contributed by atoms with E-state index in [1.165, 1.54) is 24.8 Å². The highest BCUT2D eigenvalue weighted by Crippen LogP contribution is 2.64. The largest absolute Gasteiger partial charge is 0.496 e. The smallest absolute Gasteiger partial charge is 0.269 e. The summed E-state index contributed by atoms with van der Waals surface area (Å²) in [6.07, 6.45) is 3.72. The molecule has 5 nitrogen and oxygen atoms in total. The molecule has 27 heavy (non-hydrogen) atoms. The fourth-order valence-corrected chi connectivity index (χ4v) is 6.22. The van der Waals surface area contributed by atoms with Crippen molar-refractivity contribution >= 4 is 27.3 Å². The number of nitro groups is 1. The van der Waals surface area contributed by atoms with Gasteiger partial charge in [0.2, 0.25) is 0 Å². The predicted molar refractivity (Wildman–Crippen MR) is 107 cm³/mol. The number of nitrogens with zero attached hydrogens (tertiary/aromatic N) is 1. The number of rotatable bonds is 3. The standard InChI is InChI=1S/C21H21BrN2O3/c1-27-18-7-4-13(22)9-16(18)21-20-12-3-2-11(8-12)19(20)15-10-14(24(25)26)5-6-17(15)23-21/h4-7,9-12,19-21,23H,2-3,8H2,1H3. The summed E-state index contributed by atoms with van der Waals surface area (Å²) in [4.78, 5) is 11.0. The normalized spacial score (nSPS) is 30.4. The van der Waals surface area contributed by atoms with Crippen molar-refractivity contribution < 1.29 is 9.66 Å². The van der Waals surface area contributed by atoms with Crippen molar-refractivity contribution in [3.63, 3.8) is 0 Å². The van der Waals surface area contributed by atoms with Gasteiger partial charge in [-0.15, -0.1) is 0 Å². The molecule has 1 N–H and O–H groups in total. The van der Waals surface area contributed by atoms with Crippen molar-refractivity contribution in [3.8, 4) is 5.75 Å². The number of ether oxygens (including phenoxy) is 1. The third-order valence-corrected chi connectivity index (χ3v) is 7.30. The molecule has 2 bridgehead atoms. The Morgan fingerprint density at radius 2 is 1.96 bits per heavy atom. The number of methoxy groups -OCH3 is 1. The SMILES string of the molecule is COc1ccc(Br)cc1C1Nc2ccc([N+](=O)[O-])cc2C2C3CCC(C3)C12. The van der Waals surface area contributed by atoms with Crippen LogP contribution in [0.2, 0.25) is 0 Å². The van der Waals surface area contributed by atoms with Crippen molar-refractivity contribution in [1.82, 2.24) is 0 Å². The highest BCUT2D eigenvalue weighted by Gasteiger charge is 2.54. The van der Waals surface area contributed by atoms with E-state index in [9.17, 15) is 10.1 Å². The van der Waals surface area contributed by atoms with Gasteiger partial charge in [0.1, 0.15) is 5.75 Å². The van der Waals surface area contributed by atoms with E-state index in [4.69, 9.17) is 4.74 Å². The zero-order chi connectivity index (χ0) is 18.7. The third-order valence-electron chi connectivity index (χ3n) is 6.81. The van der Waals surface area contributed by atoms with Crippen LogP contribution >= 0.6 is 15.9 Å². The molecule has 5 unspecified atom stereocenters. The fraction of sp³-hybridized carbons (Fsp3) is 0.429. The highest BCUT2D eigenvalue weighted by molar-refractivity contribution is 9.10. The molecule has 2 aromatic carbocycles. The van der Waals surface area contributed by atoms with Crippen molar-refractivity contribution in [1.29, 1.82) is 0 Å². The quantitative estimate of drug-likeness (QED) is 0.505. The number of anilines is 1. The number of benzene rings is 2. The van der Waals surface area contributed by atoms with Gasteiger partial charge in [0, 0.05) is 27.9 Å². The molecule has 6 heteroatoms. The Bertz CT molecular complexity index is 932. The van der Waals surface area contributed by atoms with Crippen LogP contribution in [0.4, 0.5) is 11.4 Å². The van der Waals surface area contributed by atoms with E-state index in [-0.39, 0.29) is 16.7 Å². The first kappa shape index (κ1) is 17.0. The van der Waals surface area contributed by atoms with Gasteiger partial charge in [-0.25, -0.2) is 0 Å². The van der Waals surface area contributed by atoms with E-state index < -0.39 is 0 Å². The van der Waals surface area contributed by atoms with Crippen LogP contribution in [0.25, 0.3) is 0 Å². The van der Waals surface area contributed by atoms with Crippen LogP contribution in [-0.4, -0.2) is 12.0 Å². The molecule has 2 fully saturated rings. The van der Waals surface area contributed by atoms with Crippen molar-refractivity contribution in [2.24, 2.45) is 17.8 Å². The van der Waals surface area contributed by atoms with E-state index in [0.717, 1.165) is 21.5 Å². The zero-order valence-corrected chi connectivity index (χ0v) is 16.6. The topological polar surface area (TPSA) is 64.4 Å². The fourth-order valence-electron chi connectivity index (χ4n) is 5.84. The molecule has 5 rings (SSSR count). The first-order chi connectivity index (χ1) is 13.1. The zero-order valence-electron chi connectivity index (χ0n) is 15.0. The lowest BCUT2D eigenvalue weighted by Crippen LogP contribution is -2.35. The Hall–Kier alpha value is -2.08. The lowest BCUT2D eigenvalue weighted by atomic mass is 9.68. The number of hydrogen-bond acceptors (Lipinski definition) is 4. The monoisotopic (exact) mass is 428 g/mol. The molecule has 5 atom stereocenters. The minimum absolute atomic E-state index is 0.159. The molecule has 0 spiro atoms. The third kappa shape index (κ3) is 2.57. The maximum atomic E-state index is 11.3. The van der Waals surface area contributed by atoms with Gasteiger partial charge in [0.25, 0.3) is 5.69 Å². The lowest BCUT2D eigenvalue weighted by molar-refractivity contribution is -0.384. The Morgan fingerprint density at radius 3 is 2.74 bits per heavy atom. The van der Waals surface area contributed by atoms with E-state index in [2.05, 4.69) is 27.3 Å². The van der Waals surface area contributed by atoms with Crippen LogP contribution in [0.5, 0.6) is 5.75 Å². The van der Waals surface area contributed by atoms with E-state index in [0.29, 0.717) is 23.7 Å². The number of fused-ring (bicyclic) bond motifs is 7. The highest BCUT2D eigenvalue weighted by atomic mass is 79.9. The van der Waals surface area contributed by atoms with Gasteiger partial charge in [-0.3, -0.25) is 10.1 Å². The Kier molecular flexibility index (Phi) is 3.93. The molecule has 0 radical (unpaired) electrons.